The highest BCUT2D eigenvalue weighted by atomic mass is 15.3. The molecule has 0 aliphatic carbocycles. The van der Waals surface area contributed by atoms with Crippen LogP contribution in [0.4, 0.5) is 5.95 Å². The first kappa shape index (κ1) is 10.9. The van der Waals surface area contributed by atoms with E-state index in [4.69, 9.17) is 0 Å². The third kappa shape index (κ3) is 3.28. The van der Waals surface area contributed by atoms with Crippen molar-refractivity contribution >= 4 is 5.95 Å². The second kappa shape index (κ2) is 6.29. The predicted molar refractivity (Wildman–Crippen MR) is 56.1 cm³/mol. The molecule has 14 heavy (non-hydrogen) atoms. The molecule has 0 fully saturated rings. The summed E-state index contributed by atoms with van der Waals surface area (Å²) < 4.78 is 0. The van der Waals surface area contributed by atoms with E-state index < -0.39 is 0 Å². The van der Waals surface area contributed by atoms with E-state index in [9.17, 15) is 0 Å². The Balaban J connectivity index is 2.58. The Bertz CT molecular complexity index is 237. The van der Waals surface area contributed by atoms with Crippen molar-refractivity contribution < 1.29 is 0 Å². The van der Waals surface area contributed by atoms with Gasteiger partial charge in [0.15, 0.2) is 0 Å². The van der Waals surface area contributed by atoms with Gasteiger partial charge in [0.2, 0.25) is 12.3 Å². The van der Waals surface area contributed by atoms with E-state index in [-0.39, 0.29) is 0 Å². The zero-order valence-corrected chi connectivity index (χ0v) is 8.90. The van der Waals surface area contributed by atoms with Crippen LogP contribution in [0.5, 0.6) is 0 Å². The van der Waals surface area contributed by atoms with E-state index >= 15 is 0 Å². The Morgan fingerprint density at radius 1 is 1.29 bits per heavy atom. The molecule has 0 saturated heterocycles. The summed E-state index contributed by atoms with van der Waals surface area (Å²) in [5.74, 6) is 0.746. The van der Waals surface area contributed by atoms with Gasteiger partial charge in [0.25, 0.3) is 0 Å². The maximum atomic E-state index is 4.12. The number of hydrogen-bond acceptors (Lipinski definition) is 4. The van der Waals surface area contributed by atoms with Crippen molar-refractivity contribution in [1.82, 2.24) is 15.0 Å². The number of rotatable bonds is 6. The van der Waals surface area contributed by atoms with Gasteiger partial charge in [-0.1, -0.05) is 20.3 Å². The fourth-order valence-electron chi connectivity index (χ4n) is 1.29. The lowest BCUT2D eigenvalue weighted by Crippen LogP contribution is -2.27. The molecule has 1 radical (unpaired) electrons. The van der Waals surface area contributed by atoms with Crippen molar-refractivity contribution in [3.8, 4) is 0 Å². The van der Waals surface area contributed by atoms with Crippen molar-refractivity contribution in [2.45, 2.75) is 33.1 Å². The molecule has 1 rings (SSSR count). The summed E-state index contributed by atoms with van der Waals surface area (Å²) in [7, 11) is 0. The largest absolute Gasteiger partial charge is 0.341 e. The molecule has 0 spiro atoms. The molecular weight excluding hydrogens is 176 g/mol. The van der Waals surface area contributed by atoms with E-state index in [0.29, 0.717) is 0 Å². The molecule has 0 atom stereocenters. The van der Waals surface area contributed by atoms with Gasteiger partial charge < -0.3 is 4.90 Å². The maximum Gasteiger partial charge on any atom is 0.228 e. The standard InChI is InChI=1S/C10H17N4/c1-3-5-7-14(6-4-2)10-12-8-11-9-13-10/h8H,3-7H2,1-2H3. The normalized spacial score (nSPS) is 10.1. The first-order valence-electron chi connectivity index (χ1n) is 5.18. The Kier molecular flexibility index (Phi) is 4.89. The minimum atomic E-state index is 0.746. The van der Waals surface area contributed by atoms with Gasteiger partial charge >= 0.3 is 0 Å². The second-order valence-corrected chi connectivity index (χ2v) is 3.23. The van der Waals surface area contributed by atoms with Crippen LogP contribution in [0.25, 0.3) is 0 Å². The van der Waals surface area contributed by atoms with Crippen molar-refractivity contribution in [2.24, 2.45) is 0 Å². The lowest BCUT2D eigenvalue weighted by Gasteiger charge is -2.20. The minimum absolute atomic E-state index is 0.746. The summed E-state index contributed by atoms with van der Waals surface area (Å²) in [4.78, 5) is 14.0. The topological polar surface area (TPSA) is 41.9 Å². The summed E-state index contributed by atoms with van der Waals surface area (Å²) in [5, 5.41) is 0. The fourth-order valence-corrected chi connectivity index (χ4v) is 1.29. The Hall–Kier alpha value is -1.19. The van der Waals surface area contributed by atoms with Crippen LogP contribution in [0.3, 0.4) is 0 Å². The average Bonchev–Trinajstić information content (AvgIpc) is 2.25. The summed E-state index contributed by atoms with van der Waals surface area (Å²) >= 11 is 0. The van der Waals surface area contributed by atoms with Crippen molar-refractivity contribution in [3.05, 3.63) is 12.7 Å². The van der Waals surface area contributed by atoms with Gasteiger partial charge in [-0.05, 0) is 12.8 Å². The monoisotopic (exact) mass is 193 g/mol. The second-order valence-electron chi connectivity index (χ2n) is 3.23. The number of anilines is 1. The van der Waals surface area contributed by atoms with Crippen LogP contribution >= 0.6 is 0 Å². The smallest absolute Gasteiger partial charge is 0.228 e. The molecule has 4 heteroatoms. The molecule has 4 nitrogen and oxygen atoms in total. The molecule has 1 heterocycles. The summed E-state index contributed by atoms with van der Waals surface area (Å²) in [6, 6.07) is 0. The first-order chi connectivity index (χ1) is 6.88. The van der Waals surface area contributed by atoms with E-state index in [1.54, 1.807) is 0 Å². The highest BCUT2D eigenvalue weighted by Crippen LogP contribution is 2.06. The molecule has 0 unspecified atom stereocenters. The average molecular weight is 193 g/mol. The van der Waals surface area contributed by atoms with Crippen LogP contribution < -0.4 is 4.90 Å². The molecule has 0 aliphatic heterocycles. The molecule has 0 aliphatic rings. The van der Waals surface area contributed by atoms with Crippen LogP contribution in [-0.2, 0) is 0 Å². The zero-order chi connectivity index (χ0) is 10.2. The molecule has 0 saturated carbocycles. The Morgan fingerprint density at radius 3 is 2.71 bits per heavy atom. The molecule has 0 N–H and O–H groups in total. The van der Waals surface area contributed by atoms with Crippen LogP contribution in [0.15, 0.2) is 6.33 Å². The van der Waals surface area contributed by atoms with Crippen molar-refractivity contribution in [3.63, 3.8) is 0 Å². The molecule has 0 aromatic carbocycles. The fraction of sp³-hybridized carbons (Fsp3) is 0.700. The van der Waals surface area contributed by atoms with Crippen molar-refractivity contribution in [2.75, 3.05) is 18.0 Å². The summed E-state index contributed by atoms with van der Waals surface area (Å²) in [6.45, 7) is 6.35. The molecule has 0 bridgehead atoms. The van der Waals surface area contributed by atoms with Crippen LogP contribution in [0.1, 0.15) is 33.1 Å². The van der Waals surface area contributed by atoms with Crippen molar-refractivity contribution in [1.29, 1.82) is 0 Å². The van der Waals surface area contributed by atoms with Gasteiger partial charge in [-0.25, -0.2) is 9.97 Å². The van der Waals surface area contributed by atoms with E-state index in [1.165, 1.54) is 19.2 Å². The number of hydrogen-bond donors (Lipinski definition) is 0. The Labute approximate surface area is 85.4 Å². The highest BCUT2D eigenvalue weighted by molar-refractivity contribution is 5.26. The van der Waals surface area contributed by atoms with E-state index in [1.807, 2.05) is 0 Å². The molecule has 1 aromatic rings. The summed E-state index contributed by atoms with van der Waals surface area (Å²) in [5.41, 5.74) is 0. The van der Waals surface area contributed by atoms with E-state index in [2.05, 4.69) is 40.0 Å². The van der Waals surface area contributed by atoms with Crippen LogP contribution in [0.2, 0.25) is 0 Å². The number of nitrogens with zero attached hydrogens (tertiary/aromatic N) is 4. The van der Waals surface area contributed by atoms with Gasteiger partial charge in [0, 0.05) is 13.1 Å². The van der Waals surface area contributed by atoms with Gasteiger partial charge in [0.1, 0.15) is 6.33 Å². The predicted octanol–water partition coefficient (Wildman–Crippen LogP) is 1.69. The third-order valence-electron chi connectivity index (χ3n) is 2.00. The molecule has 1 aromatic heterocycles. The lowest BCUT2D eigenvalue weighted by atomic mass is 10.3. The third-order valence-corrected chi connectivity index (χ3v) is 2.00. The number of aromatic nitrogens is 3. The van der Waals surface area contributed by atoms with Crippen LogP contribution in [-0.4, -0.2) is 28.0 Å². The van der Waals surface area contributed by atoms with Gasteiger partial charge in [-0.2, -0.15) is 4.98 Å². The molecular formula is C10H17N4. The maximum absolute atomic E-state index is 4.12. The highest BCUT2D eigenvalue weighted by Gasteiger charge is 2.06. The van der Waals surface area contributed by atoms with E-state index in [0.717, 1.165) is 25.5 Å². The van der Waals surface area contributed by atoms with Gasteiger partial charge in [-0.3, -0.25) is 0 Å². The van der Waals surface area contributed by atoms with Gasteiger partial charge in [0.05, 0.1) is 0 Å². The molecule has 77 valence electrons. The summed E-state index contributed by atoms with van der Waals surface area (Å²) in [6.07, 6.45) is 7.54. The quantitative estimate of drug-likeness (QED) is 0.689. The van der Waals surface area contributed by atoms with Gasteiger partial charge in [-0.15, -0.1) is 0 Å². The molecule has 0 amide bonds. The lowest BCUT2D eigenvalue weighted by molar-refractivity contribution is 0.683. The zero-order valence-electron chi connectivity index (χ0n) is 8.90. The first-order valence-corrected chi connectivity index (χ1v) is 5.18. The number of unbranched alkanes of at least 4 members (excludes halogenated alkanes) is 1. The minimum Gasteiger partial charge on any atom is -0.341 e. The SMILES string of the molecule is CCCCN(CCC)c1n[c]ncn1. The Morgan fingerprint density at radius 2 is 2.14 bits per heavy atom. The van der Waals surface area contributed by atoms with Crippen LogP contribution in [0, 0.1) is 6.33 Å².